The van der Waals surface area contributed by atoms with Crippen molar-refractivity contribution in [2.45, 2.75) is 12.6 Å². The van der Waals surface area contributed by atoms with Crippen molar-refractivity contribution in [1.29, 1.82) is 0 Å². The second-order valence-corrected chi connectivity index (χ2v) is 9.67. The first-order chi connectivity index (χ1) is 18.7. The Morgan fingerprint density at radius 1 is 1.18 bits per heavy atom. The Morgan fingerprint density at radius 3 is 2.67 bits per heavy atom. The van der Waals surface area contributed by atoms with Gasteiger partial charge in [-0.3, -0.25) is 14.5 Å². The SMILES string of the molecule is O=CN1CCN(CCCOc2ccc(-c3ncc(C(F)(F)F)[nH]3)cc2NC(=O)C#Cc2cccc(Br)c2)CC1. The van der Waals surface area contributed by atoms with Gasteiger partial charge in [0, 0.05) is 54.2 Å². The van der Waals surface area contributed by atoms with Crippen LogP contribution in [0.1, 0.15) is 17.7 Å². The van der Waals surface area contributed by atoms with Gasteiger partial charge in [-0.05, 0) is 42.8 Å². The minimum Gasteiger partial charge on any atom is -0.491 e. The molecule has 1 fully saturated rings. The normalized spacial score (nSPS) is 13.9. The van der Waals surface area contributed by atoms with E-state index in [0.717, 1.165) is 36.7 Å². The first-order valence-electron chi connectivity index (χ1n) is 12.1. The molecule has 0 spiro atoms. The summed E-state index contributed by atoms with van der Waals surface area (Å²) in [6.07, 6.45) is -2.29. The van der Waals surface area contributed by atoms with E-state index >= 15 is 0 Å². The van der Waals surface area contributed by atoms with Crippen molar-refractivity contribution in [2.24, 2.45) is 0 Å². The summed E-state index contributed by atoms with van der Waals surface area (Å²) in [5, 5.41) is 2.68. The number of rotatable bonds is 8. The average molecular weight is 604 g/mol. The minimum atomic E-state index is -4.56. The molecule has 1 aromatic heterocycles. The summed E-state index contributed by atoms with van der Waals surface area (Å²) in [7, 11) is 0. The van der Waals surface area contributed by atoms with Gasteiger partial charge >= 0.3 is 12.1 Å². The third-order valence-corrected chi connectivity index (χ3v) is 6.45. The van der Waals surface area contributed by atoms with Crippen LogP contribution >= 0.6 is 15.9 Å². The lowest BCUT2D eigenvalue weighted by atomic mass is 10.1. The van der Waals surface area contributed by atoms with E-state index in [1.165, 1.54) is 6.07 Å². The number of H-pyrrole nitrogens is 1. The standard InChI is InChI=1S/C27H25BrF3N5O3/c28-21-4-1-3-19(15-21)5-8-25(38)33-22-16-20(26-32-17-24(34-26)27(29,30)31)6-7-23(22)39-14-2-9-35-10-12-36(18-37)13-11-35/h1,3-4,6-7,15-18H,2,9-14H2,(H,32,34)(H,33,38). The third-order valence-electron chi connectivity index (χ3n) is 5.96. The van der Waals surface area contributed by atoms with Crippen LogP contribution < -0.4 is 10.1 Å². The van der Waals surface area contributed by atoms with Crippen LogP contribution in [0.25, 0.3) is 11.4 Å². The number of benzene rings is 2. The number of amides is 2. The molecule has 2 N–H and O–H groups in total. The van der Waals surface area contributed by atoms with E-state index in [1.54, 1.807) is 35.2 Å². The van der Waals surface area contributed by atoms with Gasteiger partial charge in [-0.1, -0.05) is 27.9 Å². The number of hydrogen-bond donors (Lipinski definition) is 2. The number of halogens is 4. The zero-order chi connectivity index (χ0) is 27.8. The topological polar surface area (TPSA) is 90.6 Å². The van der Waals surface area contributed by atoms with Crippen molar-refractivity contribution in [2.75, 3.05) is 44.6 Å². The maximum absolute atomic E-state index is 13.0. The minimum absolute atomic E-state index is 0.000870. The number of anilines is 1. The van der Waals surface area contributed by atoms with Crippen LogP contribution in [0.5, 0.6) is 5.75 Å². The Kier molecular flexibility index (Phi) is 9.27. The number of piperazine rings is 1. The van der Waals surface area contributed by atoms with Crippen molar-refractivity contribution in [3.05, 3.63) is 64.4 Å². The summed E-state index contributed by atoms with van der Waals surface area (Å²) in [4.78, 5) is 33.6. The monoisotopic (exact) mass is 603 g/mol. The van der Waals surface area contributed by atoms with Crippen LogP contribution in [0.3, 0.4) is 0 Å². The highest BCUT2D eigenvalue weighted by Crippen LogP contribution is 2.33. The van der Waals surface area contributed by atoms with Gasteiger partial charge in [0.2, 0.25) is 6.41 Å². The van der Waals surface area contributed by atoms with Gasteiger partial charge in [-0.15, -0.1) is 0 Å². The molecular formula is C27H25BrF3N5O3. The van der Waals surface area contributed by atoms with Crippen LogP contribution in [0.2, 0.25) is 0 Å². The van der Waals surface area contributed by atoms with E-state index < -0.39 is 17.8 Å². The summed E-state index contributed by atoms with van der Waals surface area (Å²) in [6.45, 7) is 4.07. The van der Waals surface area contributed by atoms with Gasteiger partial charge in [0.1, 0.15) is 17.3 Å². The van der Waals surface area contributed by atoms with Crippen molar-refractivity contribution in [3.63, 3.8) is 0 Å². The van der Waals surface area contributed by atoms with Crippen LogP contribution in [0.4, 0.5) is 18.9 Å². The van der Waals surface area contributed by atoms with Gasteiger partial charge in [0.05, 0.1) is 18.5 Å². The molecule has 2 amide bonds. The third kappa shape index (κ3) is 8.08. The number of imidazole rings is 1. The molecule has 2 aromatic carbocycles. The highest BCUT2D eigenvalue weighted by molar-refractivity contribution is 9.10. The largest absolute Gasteiger partial charge is 0.491 e. The van der Waals surface area contributed by atoms with Crippen LogP contribution in [0.15, 0.2) is 53.1 Å². The molecule has 0 saturated carbocycles. The molecule has 8 nitrogen and oxygen atoms in total. The Morgan fingerprint density at radius 2 is 1.97 bits per heavy atom. The maximum atomic E-state index is 13.0. The molecule has 4 rings (SSSR count). The highest BCUT2D eigenvalue weighted by atomic mass is 79.9. The van der Waals surface area contributed by atoms with Gasteiger partial charge in [-0.2, -0.15) is 13.2 Å². The van der Waals surface area contributed by atoms with Crippen molar-refractivity contribution in [3.8, 4) is 29.0 Å². The number of nitrogens with zero attached hydrogens (tertiary/aromatic N) is 3. The Balaban J connectivity index is 1.46. The molecule has 0 radical (unpaired) electrons. The van der Waals surface area contributed by atoms with E-state index in [4.69, 9.17) is 4.74 Å². The molecule has 1 aliphatic rings. The van der Waals surface area contributed by atoms with Crippen LogP contribution in [0, 0.1) is 11.8 Å². The number of alkyl halides is 3. The van der Waals surface area contributed by atoms with Gasteiger partial charge in [-0.25, -0.2) is 4.98 Å². The first-order valence-corrected chi connectivity index (χ1v) is 12.9. The van der Waals surface area contributed by atoms with E-state index in [9.17, 15) is 22.8 Å². The lowest BCUT2D eigenvalue weighted by molar-refractivity contribution is -0.140. The smallest absolute Gasteiger partial charge is 0.432 e. The zero-order valence-electron chi connectivity index (χ0n) is 20.7. The molecule has 204 valence electrons. The number of aromatic nitrogens is 2. The fraction of sp³-hybridized carbons (Fsp3) is 0.296. The summed E-state index contributed by atoms with van der Waals surface area (Å²) in [6, 6.07) is 11.8. The Labute approximate surface area is 231 Å². The van der Waals surface area contributed by atoms with E-state index in [2.05, 4.69) is 48.0 Å². The molecule has 0 aliphatic carbocycles. The molecule has 2 heterocycles. The van der Waals surface area contributed by atoms with Crippen molar-refractivity contribution in [1.82, 2.24) is 19.8 Å². The van der Waals surface area contributed by atoms with E-state index in [1.807, 2.05) is 6.07 Å². The number of carbonyl (C=O) groups excluding carboxylic acids is 2. The van der Waals surface area contributed by atoms with E-state index in [0.29, 0.717) is 43.0 Å². The number of hydrogen-bond acceptors (Lipinski definition) is 5. The molecule has 0 atom stereocenters. The molecule has 1 aliphatic heterocycles. The summed E-state index contributed by atoms with van der Waals surface area (Å²) < 4.78 is 45.9. The van der Waals surface area contributed by atoms with Gasteiger partial charge in [0.15, 0.2) is 0 Å². The number of ether oxygens (including phenoxy) is 1. The Bertz CT molecular complexity index is 1370. The lowest BCUT2D eigenvalue weighted by Crippen LogP contribution is -2.46. The number of nitrogens with one attached hydrogen (secondary N) is 2. The van der Waals surface area contributed by atoms with Crippen molar-refractivity contribution >= 4 is 33.9 Å². The predicted molar refractivity (Wildman–Crippen MR) is 143 cm³/mol. The maximum Gasteiger partial charge on any atom is 0.432 e. The fourth-order valence-electron chi connectivity index (χ4n) is 3.92. The molecule has 3 aromatic rings. The average Bonchev–Trinajstić information content (AvgIpc) is 3.42. The summed E-state index contributed by atoms with van der Waals surface area (Å²) in [5.74, 6) is 5.04. The molecule has 0 bridgehead atoms. The van der Waals surface area contributed by atoms with Crippen LogP contribution in [-0.2, 0) is 15.8 Å². The molecule has 0 unspecified atom stereocenters. The van der Waals surface area contributed by atoms with E-state index in [-0.39, 0.29) is 11.5 Å². The first kappa shape index (κ1) is 28.2. The Hall–Kier alpha value is -3.82. The second kappa shape index (κ2) is 12.8. The molecular weight excluding hydrogens is 579 g/mol. The van der Waals surface area contributed by atoms with Gasteiger partial charge in [0.25, 0.3) is 0 Å². The second-order valence-electron chi connectivity index (χ2n) is 8.75. The summed E-state index contributed by atoms with van der Waals surface area (Å²) >= 11 is 3.35. The number of carbonyl (C=O) groups is 2. The van der Waals surface area contributed by atoms with Crippen molar-refractivity contribution < 1.29 is 27.5 Å². The van der Waals surface area contributed by atoms with Crippen LogP contribution in [-0.4, -0.2) is 71.4 Å². The molecule has 1 saturated heterocycles. The molecule has 12 heteroatoms. The number of aromatic amines is 1. The highest BCUT2D eigenvalue weighted by Gasteiger charge is 2.33. The summed E-state index contributed by atoms with van der Waals surface area (Å²) in [5.41, 5.74) is 0.248. The quantitative estimate of drug-likeness (QED) is 0.226. The predicted octanol–water partition coefficient (Wildman–Crippen LogP) is 4.39. The zero-order valence-corrected chi connectivity index (χ0v) is 22.3. The van der Waals surface area contributed by atoms with Gasteiger partial charge < -0.3 is 19.9 Å². The lowest BCUT2D eigenvalue weighted by Gasteiger charge is -2.32. The molecule has 39 heavy (non-hydrogen) atoms. The fourth-order valence-corrected chi connectivity index (χ4v) is 4.32.